The Bertz CT molecular complexity index is 420. The summed E-state index contributed by atoms with van der Waals surface area (Å²) >= 11 is 0. The third-order valence-corrected chi connectivity index (χ3v) is 2.35. The van der Waals surface area contributed by atoms with E-state index in [2.05, 4.69) is 0 Å². The van der Waals surface area contributed by atoms with Crippen molar-refractivity contribution in [1.29, 1.82) is 0 Å². The molecule has 0 aromatic heterocycles. The lowest BCUT2D eigenvalue weighted by Gasteiger charge is -2.16. The SMILES string of the molecule is Nc1ccc2c(c1[N+](=O)[O-])OCCCCO2. The van der Waals surface area contributed by atoms with Gasteiger partial charge < -0.3 is 15.2 Å². The number of fused-ring (bicyclic) bond motifs is 1. The number of nitrogens with zero attached hydrogens (tertiary/aromatic N) is 1. The molecule has 1 aromatic rings. The Morgan fingerprint density at radius 1 is 1.25 bits per heavy atom. The first-order valence-electron chi connectivity index (χ1n) is 5.02. The van der Waals surface area contributed by atoms with E-state index in [1.807, 2.05) is 0 Å². The van der Waals surface area contributed by atoms with Crippen LogP contribution in [-0.4, -0.2) is 18.1 Å². The maximum atomic E-state index is 10.9. The topological polar surface area (TPSA) is 87.6 Å². The quantitative estimate of drug-likeness (QED) is 0.446. The summed E-state index contributed by atoms with van der Waals surface area (Å²) in [6.07, 6.45) is 1.68. The minimum absolute atomic E-state index is 0.0907. The van der Waals surface area contributed by atoms with Crippen molar-refractivity contribution in [1.82, 2.24) is 0 Å². The number of anilines is 1. The average molecular weight is 224 g/mol. The predicted molar refractivity (Wildman–Crippen MR) is 57.7 cm³/mol. The molecule has 1 heterocycles. The van der Waals surface area contributed by atoms with Crippen molar-refractivity contribution >= 4 is 11.4 Å². The van der Waals surface area contributed by atoms with Gasteiger partial charge in [-0.25, -0.2) is 0 Å². The van der Waals surface area contributed by atoms with Crippen LogP contribution in [0.4, 0.5) is 11.4 Å². The van der Waals surface area contributed by atoms with E-state index >= 15 is 0 Å². The van der Waals surface area contributed by atoms with Gasteiger partial charge in [0.2, 0.25) is 5.75 Å². The lowest BCUT2D eigenvalue weighted by molar-refractivity contribution is -0.385. The molecule has 0 amide bonds. The molecule has 6 heteroatoms. The van der Waals surface area contributed by atoms with Crippen molar-refractivity contribution in [2.45, 2.75) is 12.8 Å². The van der Waals surface area contributed by atoms with Gasteiger partial charge in [0.15, 0.2) is 5.75 Å². The van der Waals surface area contributed by atoms with Crippen molar-refractivity contribution in [2.24, 2.45) is 0 Å². The fraction of sp³-hybridized carbons (Fsp3) is 0.400. The van der Waals surface area contributed by atoms with Crippen LogP contribution in [0.2, 0.25) is 0 Å². The molecule has 0 unspecified atom stereocenters. The predicted octanol–water partition coefficient (Wildman–Crippen LogP) is 1.73. The Balaban J connectivity index is 2.50. The summed E-state index contributed by atoms with van der Waals surface area (Å²) < 4.78 is 10.7. The zero-order valence-electron chi connectivity index (χ0n) is 8.64. The summed E-state index contributed by atoms with van der Waals surface area (Å²) in [5.41, 5.74) is 5.44. The highest BCUT2D eigenvalue weighted by Crippen LogP contribution is 2.41. The van der Waals surface area contributed by atoms with Crippen LogP contribution in [0.25, 0.3) is 0 Å². The van der Waals surface area contributed by atoms with E-state index in [0.29, 0.717) is 19.0 Å². The number of hydrogen-bond acceptors (Lipinski definition) is 5. The molecule has 0 aliphatic carbocycles. The van der Waals surface area contributed by atoms with E-state index in [0.717, 1.165) is 12.8 Å². The van der Waals surface area contributed by atoms with Crippen molar-refractivity contribution in [2.75, 3.05) is 18.9 Å². The van der Waals surface area contributed by atoms with Gasteiger partial charge in [0, 0.05) is 0 Å². The molecule has 16 heavy (non-hydrogen) atoms. The maximum Gasteiger partial charge on any atom is 0.337 e. The van der Waals surface area contributed by atoms with Crippen LogP contribution in [0.1, 0.15) is 12.8 Å². The van der Waals surface area contributed by atoms with Crippen molar-refractivity contribution < 1.29 is 14.4 Å². The highest BCUT2D eigenvalue weighted by Gasteiger charge is 2.25. The summed E-state index contributed by atoms with van der Waals surface area (Å²) in [6.45, 7) is 0.984. The highest BCUT2D eigenvalue weighted by atomic mass is 16.6. The average Bonchev–Trinajstić information content (AvgIpc) is 2.19. The van der Waals surface area contributed by atoms with Gasteiger partial charge in [-0.05, 0) is 25.0 Å². The number of rotatable bonds is 1. The Hall–Kier alpha value is -1.98. The summed E-state index contributed by atoms with van der Waals surface area (Å²) in [7, 11) is 0. The second-order valence-electron chi connectivity index (χ2n) is 3.49. The van der Waals surface area contributed by atoms with Crippen LogP contribution >= 0.6 is 0 Å². The zero-order valence-corrected chi connectivity index (χ0v) is 8.64. The molecule has 0 spiro atoms. The Labute approximate surface area is 92.1 Å². The molecule has 1 aliphatic heterocycles. The molecule has 86 valence electrons. The van der Waals surface area contributed by atoms with Crippen LogP contribution in [-0.2, 0) is 0 Å². The van der Waals surface area contributed by atoms with Crippen LogP contribution in [0.5, 0.6) is 11.5 Å². The lowest BCUT2D eigenvalue weighted by Crippen LogP contribution is -2.10. The lowest BCUT2D eigenvalue weighted by atomic mass is 10.2. The molecule has 0 atom stereocenters. The van der Waals surface area contributed by atoms with Crippen LogP contribution in [0.15, 0.2) is 12.1 Å². The van der Waals surface area contributed by atoms with Gasteiger partial charge in [0.1, 0.15) is 5.69 Å². The minimum Gasteiger partial charge on any atom is -0.489 e. The summed E-state index contributed by atoms with van der Waals surface area (Å²) in [6, 6.07) is 3.06. The third kappa shape index (κ3) is 1.86. The van der Waals surface area contributed by atoms with Crippen molar-refractivity contribution in [3.05, 3.63) is 22.2 Å². The minimum atomic E-state index is -0.543. The maximum absolute atomic E-state index is 10.9. The number of hydrogen-bond donors (Lipinski definition) is 1. The van der Waals surface area contributed by atoms with E-state index in [4.69, 9.17) is 15.2 Å². The first kappa shape index (κ1) is 10.5. The number of ether oxygens (including phenoxy) is 2. The molecule has 0 saturated carbocycles. The molecular weight excluding hydrogens is 212 g/mol. The van der Waals surface area contributed by atoms with E-state index in [9.17, 15) is 10.1 Å². The normalized spacial score (nSPS) is 15.0. The molecular formula is C10H12N2O4. The van der Waals surface area contributed by atoms with Crippen molar-refractivity contribution in [3.8, 4) is 11.5 Å². The molecule has 2 N–H and O–H groups in total. The molecule has 0 bridgehead atoms. The second kappa shape index (κ2) is 4.26. The molecule has 2 rings (SSSR count). The van der Waals surface area contributed by atoms with Crippen LogP contribution in [0, 0.1) is 10.1 Å². The Morgan fingerprint density at radius 2 is 1.94 bits per heavy atom. The summed E-state index contributed by atoms with van der Waals surface area (Å²) in [5.74, 6) is 0.533. The van der Waals surface area contributed by atoms with Gasteiger partial charge in [-0.1, -0.05) is 0 Å². The smallest absolute Gasteiger partial charge is 0.337 e. The van der Waals surface area contributed by atoms with E-state index < -0.39 is 4.92 Å². The molecule has 1 aromatic carbocycles. The molecule has 0 fully saturated rings. The van der Waals surface area contributed by atoms with E-state index in [1.54, 1.807) is 6.07 Å². The number of benzene rings is 1. The van der Waals surface area contributed by atoms with Gasteiger partial charge in [-0.2, -0.15) is 0 Å². The molecule has 0 saturated heterocycles. The second-order valence-corrected chi connectivity index (χ2v) is 3.49. The van der Waals surface area contributed by atoms with Gasteiger partial charge >= 0.3 is 5.69 Å². The van der Waals surface area contributed by atoms with Gasteiger partial charge in [0.05, 0.1) is 18.1 Å². The zero-order chi connectivity index (χ0) is 11.5. The standard InChI is InChI=1S/C10H12N2O4/c11-7-3-4-8-10(9(7)12(13)14)16-6-2-1-5-15-8/h3-4H,1-2,5-6,11H2. The van der Waals surface area contributed by atoms with Gasteiger partial charge in [0.25, 0.3) is 0 Å². The van der Waals surface area contributed by atoms with Gasteiger partial charge in [-0.3, -0.25) is 10.1 Å². The Kier molecular flexibility index (Phi) is 2.80. The largest absolute Gasteiger partial charge is 0.489 e. The highest BCUT2D eigenvalue weighted by molar-refractivity contribution is 5.70. The monoisotopic (exact) mass is 224 g/mol. The van der Waals surface area contributed by atoms with Gasteiger partial charge in [-0.15, -0.1) is 0 Å². The summed E-state index contributed by atoms with van der Waals surface area (Å²) in [5, 5.41) is 10.9. The first-order valence-corrected chi connectivity index (χ1v) is 5.02. The van der Waals surface area contributed by atoms with Crippen molar-refractivity contribution in [3.63, 3.8) is 0 Å². The van der Waals surface area contributed by atoms with Crippen LogP contribution in [0.3, 0.4) is 0 Å². The number of nitrogens with two attached hydrogens (primary N) is 1. The number of nitro groups is 1. The van der Waals surface area contributed by atoms with Crippen LogP contribution < -0.4 is 15.2 Å². The third-order valence-electron chi connectivity index (χ3n) is 2.35. The fourth-order valence-corrected chi connectivity index (χ4v) is 1.57. The number of nitro benzene ring substituents is 1. The van der Waals surface area contributed by atoms with E-state index in [1.165, 1.54) is 6.07 Å². The molecule has 6 nitrogen and oxygen atoms in total. The molecule has 1 aliphatic rings. The molecule has 0 radical (unpaired) electrons. The summed E-state index contributed by atoms with van der Waals surface area (Å²) in [4.78, 5) is 10.3. The first-order chi connectivity index (χ1) is 7.70. The fourth-order valence-electron chi connectivity index (χ4n) is 1.57. The van der Waals surface area contributed by atoms with E-state index in [-0.39, 0.29) is 17.1 Å². The Morgan fingerprint density at radius 3 is 2.62 bits per heavy atom. The number of nitrogen functional groups attached to an aromatic ring is 1.